The van der Waals surface area contributed by atoms with Gasteiger partial charge in [0.05, 0.1) is 0 Å². The van der Waals surface area contributed by atoms with Crippen LogP contribution in [0, 0.1) is 0 Å². The zero-order chi connectivity index (χ0) is 15.6. The van der Waals surface area contributed by atoms with Crippen molar-refractivity contribution in [3.8, 4) is 11.1 Å². The first-order chi connectivity index (χ1) is 10.6. The van der Waals surface area contributed by atoms with E-state index < -0.39 is 11.5 Å². The number of rotatable bonds is 4. The summed E-state index contributed by atoms with van der Waals surface area (Å²) in [6.45, 7) is 0. The van der Waals surface area contributed by atoms with Gasteiger partial charge in [0, 0.05) is 10.2 Å². The zero-order valence-electron chi connectivity index (χ0n) is 12.2. The summed E-state index contributed by atoms with van der Waals surface area (Å²) in [4.78, 5) is 11.6. The fourth-order valence-corrected chi connectivity index (χ4v) is 3.30. The molecule has 0 atom stereocenters. The Bertz CT molecular complexity index is 658. The highest BCUT2D eigenvalue weighted by Gasteiger charge is 2.41. The quantitative estimate of drug-likeness (QED) is 0.813. The van der Waals surface area contributed by atoms with Crippen LogP contribution in [0.5, 0.6) is 0 Å². The minimum atomic E-state index is -0.793. The van der Waals surface area contributed by atoms with Crippen LogP contribution < -0.4 is 5.32 Å². The molecule has 0 aliphatic heterocycles. The maximum atomic E-state index is 11.6. The maximum absolute atomic E-state index is 11.6. The minimum absolute atomic E-state index is 0.691. The Kier molecular flexibility index (Phi) is 4.21. The lowest BCUT2D eigenvalue weighted by molar-refractivity contribution is -0.142. The fraction of sp³-hybridized carbons (Fsp3) is 0.278. The molecule has 0 saturated heterocycles. The Morgan fingerprint density at radius 3 is 1.95 bits per heavy atom. The molecule has 1 fully saturated rings. The Morgan fingerprint density at radius 2 is 1.45 bits per heavy atom. The van der Waals surface area contributed by atoms with Crippen molar-refractivity contribution < 1.29 is 9.90 Å². The molecule has 2 aromatic carbocycles. The number of carbonyl (C=O) groups is 1. The van der Waals surface area contributed by atoms with E-state index in [0.29, 0.717) is 12.8 Å². The second-order valence-corrected chi connectivity index (χ2v) is 6.72. The van der Waals surface area contributed by atoms with E-state index in [1.54, 1.807) is 0 Å². The number of aliphatic carboxylic acids is 1. The third-order valence-electron chi connectivity index (χ3n) is 4.31. The molecule has 1 aliphatic carbocycles. The number of anilines is 1. The van der Waals surface area contributed by atoms with Gasteiger partial charge in [-0.1, -0.05) is 53.0 Å². The third kappa shape index (κ3) is 3.02. The first-order valence-corrected chi connectivity index (χ1v) is 8.26. The van der Waals surface area contributed by atoms with Crippen LogP contribution in [-0.2, 0) is 4.79 Å². The molecule has 0 bridgehead atoms. The number of carboxylic acid groups (broad SMARTS) is 1. The first-order valence-electron chi connectivity index (χ1n) is 7.47. The molecule has 0 unspecified atom stereocenters. The summed E-state index contributed by atoms with van der Waals surface area (Å²) in [5, 5.41) is 12.8. The van der Waals surface area contributed by atoms with Crippen molar-refractivity contribution in [2.45, 2.75) is 31.2 Å². The molecule has 0 heterocycles. The van der Waals surface area contributed by atoms with E-state index in [0.717, 1.165) is 34.1 Å². The Labute approximate surface area is 138 Å². The number of halogens is 1. The Balaban J connectivity index is 1.79. The van der Waals surface area contributed by atoms with E-state index in [1.165, 1.54) is 0 Å². The summed E-state index contributed by atoms with van der Waals surface area (Å²) in [5.41, 5.74) is 2.33. The van der Waals surface area contributed by atoms with Gasteiger partial charge in [-0.05, 0) is 48.2 Å². The van der Waals surface area contributed by atoms with Gasteiger partial charge in [0.1, 0.15) is 5.54 Å². The molecular formula is C18H18BrNO2. The molecule has 0 aromatic heterocycles. The van der Waals surface area contributed by atoms with Gasteiger partial charge in [-0.25, -0.2) is 4.79 Å². The highest BCUT2D eigenvalue weighted by Crippen LogP contribution is 2.34. The predicted molar refractivity (Wildman–Crippen MR) is 92.0 cm³/mol. The topological polar surface area (TPSA) is 49.3 Å². The van der Waals surface area contributed by atoms with Crippen molar-refractivity contribution in [3.63, 3.8) is 0 Å². The summed E-state index contributed by atoms with van der Waals surface area (Å²) in [7, 11) is 0. The van der Waals surface area contributed by atoms with E-state index in [9.17, 15) is 9.90 Å². The van der Waals surface area contributed by atoms with Crippen LogP contribution >= 0.6 is 15.9 Å². The molecular weight excluding hydrogens is 342 g/mol. The molecule has 2 N–H and O–H groups in total. The van der Waals surface area contributed by atoms with Crippen molar-refractivity contribution in [2.24, 2.45) is 0 Å². The monoisotopic (exact) mass is 359 g/mol. The molecule has 22 heavy (non-hydrogen) atoms. The van der Waals surface area contributed by atoms with E-state index >= 15 is 0 Å². The summed E-state index contributed by atoms with van der Waals surface area (Å²) in [5.74, 6) is -0.748. The van der Waals surface area contributed by atoms with E-state index in [-0.39, 0.29) is 0 Å². The van der Waals surface area contributed by atoms with Gasteiger partial charge in [0.25, 0.3) is 0 Å². The lowest BCUT2D eigenvalue weighted by atomic mass is 9.97. The number of hydrogen-bond donors (Lipinski definition) is 2. The molecule has 3 nitrogen and oxygen atoms in total. The highest BCUT2D eigenvalue weighted by molar-refractivity contribution is 9.10. The Morgan fingerprint density at radius 1 is 0.955 bits per heavy atom. The van der Waals surface area contributed by atoms with Crippen molar-refractivity contribution in [3.05, 3.63) is 53.0 Å². The van der Waals surface area contributed by atoms with Crippen LogP contribution in [0.4, 0.5) is 5.69 Å². The standard InChI is InChI=1S/C18H18BrNO2/c19-15-7-3-13(4-8-15)14-5-9-16(10-6-14)20-18(17(21)22)11-1-2-12-18/h3-10,20H,1-2,11-12H2,(H,21,22). The normalized spacial score (nSPS) is 16.4. The van der Waals surface area contributed by atoms with Crippen molar-refractivity contribution in [1.82, 2.24) is 0 Å². The van der Waals surface area contributed by atoms with E-state index in [1.807, 2.05) is 36.4 Å². The van der Waals surface area contributed by atoms with Crippen molar-refractivity contribution in [1.29, 1.82) is 0 Å². The second-order valence-electron chi connectivity index (χ2n) is 5.80. The number of nitrogens with one attached hydrogen (secondary N) is 1. The van der Waals surface area contributed by atoms with Crippen LogP contribution in [0.2, 0.25) is 0 Å². The SMILES string of the molecule is O=C(O)C1(Nc2ccc(-c3ccc(Br)cc3)cc2)CCCC1. The second kappa shape index (κ2) is 6.13. The Hall–Kier alpha value is -1.81. The van der Waals surface area contributed by atoms with Crippen LogP contribution in [0.1, 0.15) is 25.7 Å². The lowest BCUT2D eigenvalue weighted by Gasteiger charge is -2.26. The predicted octanol–water partition coefficient (Wildman–Crippen LogP) is 4.93. The third-order valence-corrected chi connectivity index (χ3v) is 4.84. The molecule has 1 aliphatic rings. The van der Waals surface area contributed by atoms with Crippen molar-refractivity contribution in [2.75, 3.05) is 5.32 Å². The van der Waals surface area contributed by atoms with Crippen LogP contribution in [0.15, 0.2) is 53.0 Å². The van der Waals surface area contributed by atoms with Gasteiger partial charge >= 0.3 is 5.97 Å². The largest absolute Gasteiger partial charge is 0.480 e. The molecule has 0 amide bonds. The van der Waals surface area contributed by atoms with Gasteiger partial charge in [-0.2, -0.15) is 0 Å². The molecule has 0 radical (unpaired) electrons. The van der Waals surface area contributed by atoms with Crippen LogP contribution in [-0.4, -0.2) is 16.6 Å². The summed E-state index contributed by atoms with van der Waals surface area (Å²) < 4.78 is 1.05. The first kappa shape index (κ1) is 15.1. The average molecular weight is 360 g/mol. The number of benzene rings is 2. The van der Waals surface area contributed by atoms with E-state index in [4.69, 9.17) is 0 Å². The molecule has 2 aromatic rings. The zero-order valence-corrected chi connectivity index (χ0v) is 13.8. The molecule has 4 heteroatoms. The minimum Gasteiger partial charge on any atom is -0.480 e. The van der Waals surface area contributed by atoms with Crippen LogP contribution in [0.3, 0.4) is 0 Å². The van der Waals surface area contributed by atoms with Gasteiger partial charge in [-0.3, -0.25) is 0 Å². The van der Waals surface area contributed by atoms with Crippen molar-refractivity contribution >= 4 is 27.6 Å². The summed E-state index contributed by atoms with van der Waals surface area (Å²) >= 11 is 3.43. The smallest absolute Gasteiger partial charge is 0.329 e. The maximum Gasteiger partial charge on any atom is 0.329 e. The summed E-state index contributed by atoms with van der Waals surface area (Å²) in [6.07, 6.45) is 3.32. The number of hydrogen-bond acceptors (Lipinski definition) is 2. The van der Waals surface area contributed by atoms with E-state index in [2.05, 4.69) is 33.4 Å². The molecule has 3 rings (SSSR count). The lowest BCUT2D eigenvalue weighted by Crippen LogP contribution is -2.43. The van der Waals surface area contributed by atoms with Gasteiger partial charge in [0.2, 0.25) is 0 Å². The summed E-state index contributed by atoms with van der Waals surface area (Å²) in [6, 6.07) is 16.1. The number of carboxylic acids is 1. The van der Waals surface area contributed by atoms with Crippen LogP contribution in [0.25, 0.3) is 11.1 Å². The fourth-order valence-electron chi connectivity index (χ4n) is 3.04. The highest BCUT2D eigenvalue weighted by atomic mass is 79.9. The van der Waals surface area contributed by atoms with Gasteiger partial charge < -0.3 is 10.4 Å². The molecule has 0 spiro atoms. The van der Waals surface area contributed by atoms with Gasteiger partial charge in [0.15, 0.2) is 0 Å². The molecule has 114 valence electrons. The average Bonchev–Trinajstić information content (AvgIpc) is 2.99. The molecule has 1 saturated carbocycles. The van der Waals surface area contributed by atoms with Gasteiger partial charge in [-0.15, -0.1) is 0 Å².